The summed E-state index contributed by atoms with van der Waals surface area (Å²) in [7, 11) is 1.47. The van der Waals surface area contributed by atoms with Crippen molar-refractivity contribution in [3.63, 3.8) is 0 Å². The van der Waals surface area contributed by atoms with Crippen LogP contribution in [0.4, 0.5) is 23.2 Å². The van der Waals surface area contributed by atoms with Crippen molar-refractivity contribution in [2.45, 2.75) is 24.7 Å². The second-order valence-corrected chi connectivity index (χ2v) is 5.78. The zero-order valence-corrected chi connectivity index (χ0v) is 13.8. The Balaban J connectivity index is 0.00000208. The van der Waals surface area contributed by atoms with Gasteiger partial charge < -0.3 is 19.7 Å². The number of piperazine rings is 1. The van der Waals surface area contributed by atoms with Gasteiger partial charge in [-0.15, -0.1) is 12.4 Å². The molecule has 0 aliphatic carbocycles. The van der Waals surface area contributed by atoms with Crippen LogP contribution in [-0.2, 0) is 10.9 Å². The summed E-state index contributed by atoms with van der Waals surface area (Å²) in [5, 5.41) is 3.21. The van der Waals surface area contributed by atoms with Crippen LogP contribution in [0.3, 0.4) is 0 Å². The number of benzene rings is 1. The van der Waals surface area contributed by atoms with E-state index < -0.39 is 23.7 Å². The summed E-state index contributed by atoms with van der Waals surface area (Å²) in [5.41, 5.74) is -0.907. The van der Waals surface area contributed by atoms with E-state index in [1.165, 1.54) is 7.11 Å². The van der Waals surface area contributed by atoms with Crippen molar-refractivity contribution >= 4 is 18.1 Å². The first kappa shape index (κ1) is 19.1. The normalized spacial score (nSPS) is 23.5. The van der Waals surface area contributed by atoms with Crippen LogP contribution < -0.4 is 15.0 Å². The van der Waals surface area contributed by atoms with Crippen molar-refractivity contribution in [3.05, 3.63) is 23.5 Å². The van der Waals surface area contributed by atoms with E-state index in [-0.39, 0.29) is 36.5 Å². The molecule has 2 atom stereocenters. The fourth-order valence-corrected chi connectivity index (χ4v) is 3.22. The molecule has 4 nitrogen and oxygen atoms in total. The fourth-order valence-electron chi connectivity index (χ4n) is 3.22. The lowest BCUT2D eigenvalue weighted by Crippen LogP contribution is -2.52. The molecule has 24 heavy (non-hydrogen) atoms. The number of hydrogen-bond donors (Lipinski definition) is 1. The molecule has 1 aromatic carbocycles. The van der Waals surface area contributed by atoms with Gasteiger partial charge >= 0.3 is 6.18 Å². The Morgan fingerprint density at radius 2 is 2.12 bits per heavy atom. The zero-order chi connectivity index (χ0) is 16.6. The highest BCUT2D eigenvalue weighted by molar-refractivity contribution is 5.85. The van der Waals surface area contributed by atoms with E-state index in [9.17, 15) is 17.6 Å². The third-order valence-corrected chi connectivity index (χ3v) is 4.17. The van der Waals surface area contributed by atoms with Crippen molar-refractivity contribution < 1.29 is 27.0 Å². The van der Waals surface area contributed by atoms with Crippen molar-refractivity contribution in [1.29, 1.82) is 0 Å². The highest BCUT2D eigenvalue weighted by atomic mass is 35.5. The number of hydrogen-bond acceptors (Lipinski definition) is 4. The van der Waals surface area contributed by atoms with Gasteiger partial charge in [0.1, 0.15) is 17.5 Å². The van der Waals surface area contributed by atoms with E-state index in [4.69, 9.17) is 9.47 Å². The standard InChI is InChI=1S/C15H18F4N2O2.ClH/c1-22-8-11-6-10-7-20-2-3-21(10)13-5-9(16)4-12(14(13)23-11)15(17,18)19;/h4-5,10-11,20H,2-3,6-8H2,1H3;1H/t10-,11+;/m1./s1. The minimum Gasteiger partial charge on any atom is -0.485 e. The third kappa shape index (κ3) is 3.70. The second kappa shape index (κ2) is 7.33. The molecular weight excluding hydrogens is 352 g/mol. The first-order valence-corrected chi connectivity index (χ1v) is 7.44. The van der Waals surface area contributed by atoms with Crippen LogP contribution in [0.1, 0.15) is 12.0 Å². The molecule has 2 heterocycles. The smallest absolute Gasteiger partial charge is 0.420 e. The molecular formula is C15H19ClF4N2O2. The Labute approximate surface area is 143 Å². The molecule has 0 unspecified atom stereocenters. The Hall–Kier alpha value is -1.25. The summed E-state index contributed by atoms with van der Waals surface area (Å²) in [6, 6.07) is 1.55. The maximum absolute atomic E-state index is 13.8. The number of anilines is 1. The number of fused-ring (bicyclic) bond motifs is 3. The molecule has 1 aromatic rings. The van der Waals surface area contributed by atoms with Crippen LogP contribution >= 0.6 is 12.4 Å². The van der Waals surface area contributed by atoms with Gasteiger partial charge in [0, 0.05) is 45.3 Å². The van der Waals surface area contributed by atoms with Crippen LogP contribution in [0.15, 0.2) is 12.1 Å². The van der Waals surface area contributed by atoms with E-state index in [1.54, 1.807) is 4.90 Å². The maximum atomic E-state index is 13.8. The first-order valence-electron chi connectivity index (χ1n) is 7.44. The molecule has 0 amide bonds. The predicted molar refractivity (Wildman–Crippen MR) is 83.6 cm³/mol. The number of methoxy groups -OCH3 is 1. The zero-order valence-electron chi connectivity index (χ0n) is 13.0. The molecule has 2 aliphatic heterocycles. The molecule has 1 N–H and O–H groups in total. The van der Waals surface area contributed by atoms with Gasteiger partial charge in [-0.25, -0.2) is 4.39 Å². The lowest BCUT2D eigenvalue weighted by Gasteiger charge is -2.37. The first-order chi connectivity index (χ1) is 10.9. The minimum absolute atomic E-state index is 0. The van der Waals surface area contributed by atoms with Gasteiger partial charge in [0.25, 0.3) is 0 Å². The van der Waals surface area contributed by atoms with Gasteiger partial charge in [0.15, 0.2) is 5.75 Å². The maximum Gasteiger partial charge on any atom is 0.420 e. The van der Waals surface area contributed by atoms with E-state index in [0.29, 0.717) is 32.1 Å². The van der Waals surface area contributed by atoms with E-state index in [2.05, 4.69) is 5.32 Å². The molecule has 0 spiro atoms. The molecule has 0 aromatic heterocycles. The van der Waals surface area contributed by atoms with Crippen molar-refractivity contribution in [3.8, 4) is 5.75 Å². The van der Waals surface area contributed by atoms with Crippen LogP contribution in [0.5, 0.6) is 5.75 Å². The van der Waals surface area contributed by atoms with Crippen molar-refractivity contribution in [1.82, 2.24) is 5.32 Å². The summed E-state index contributed by atoms with van der Waals surface area (Å²) in [5.74, 6) is -1.22. The largest absolute Gasteiger partial charge is 0.485 e. The van der Waals surface area contributed by atoms with Gasteiger partial charge in [-0.2, -0.15) is 13.2 Å². The average molecular weight is 371 g/mol. The molecule has 1 saturated heterocycles. The molecule has 0 bridgehead atoms. The summed E-state index contributed by atoms with van der Waals surface area (Å²) in [4.78, 5) is 1.81. The lowest BCUT2D eigenvalue weighted by atomic mass is 10.0. The molecule has 136 valence electrons. The minimum atomic E-state index is -4.68. The third-order valence-electron chi connectivity index (χ3n) is 4.17. The van der Waals surface area contributed by atoms with Crippen LogP contribution in [-0.4, -0.2) is 45.5 Å². The van der Waals surface area contributed by atoms with Gasteiger partial charge in [-0.1, -0.05) is 0 Å². The SMILES string of the molecule is COC[C@@H]1C[C@@H]2CNCCN2c2cc(F)cc(C(F)(F)F)c2O1.Cl. The molecule has 2 aliphatic rings. The number of nitrogens with zero attached hydrogens (tertiary/aromatic N) is 1. The molecule has 3 rings (SSSR count). The number of rotatable bonds is 2. The van der Waals surface area contributed by atoms with Crippen LogP contribution in [0.25, 0.3) is 0 Å². The van der Waals surface area contributed by atoms with Crippen LogP contribution in [0, 0.1) is 5.82 Å². The van der Waals surface area contributed by atoms with E-state index in [1.807, 2.05) is 0 Å². The molecule has 1 fully saturated rings. The Morgan fingerprint density at radius 1 is 1.38 bits per heavy atom. The Kier molecular flexibility index (Phi) is 5.83. The second-order valence-electron chi connectivity index (χ2n) is 5.78. The Bertz CT molecular complexity index is 585. The van der Waals surface area contributed by atoms with Gasteiger partial charge in [-0.05, 0) is 6.07 Å². The molecule has 0 saturated carbocycles. The lowest BCUT2D eigenvalue weighted by molar-refractivity contribution is -0.139. The van der Waals surface area contributed by atoms with Crippen LogP contribution in [0.2, 0.25) is 0 Å². The van der Waals surface area contributed by atoms with Gasteiger partial charge in [-0.3, -0.25) is 0 Å². The Morgan fingerprint density at radius 3 is 2.79 bits per heavy atom. The number of halogens is 5. The summed E-state index contributed by atoms with van der Waals surface area (Å²) < 4.78 is 64.4. The molecule has 9 heteroatoms. The van der Waals surface area contributed by atoms with E-state index >= 15 is 0 Å². The predicted octanol–water partition coefficient (Wildman–Crippen LogP) is 2.84. The van der Waals surface area contributed by atoms with E-state index in [0.717, 1.165) is 6.07 Å². The molecule has 0 radical (unpaired) electrons. The van der Waals surface area contributed by atoms with Gasteiger partial charge in [0.2, 0.25) is 0 Å². The quantitative estimate of drug-likeness (QED) is 0.812. The summed E-state index contributed by atoms with van der Waals surface area (Å²) in [6.07, 6.45) is -4.69. The summed E-state index contributed by atoms with van der Waals surface area (Å²) in [6.45, 7) is 1.92. The number of nitrogens with one attached hydrogen (secondary N) is 1. The highest BCUT2D eigenvalue weighted by Gasteiger charge is 2.41. The highest BCUT2D eigenvalue weighted by Crippen LogP contribution is 2.45. The fraction of sp³-hybridized carbons (Fsp3) is 0.600. The van der Waals surface area contributed by atoms with Crippen molar-refractivity contribution in [2.75, 3.05) is 38.3 Å². The number of alkyl halides is 3. The number of ether oxygens (including phenoxy) is 2. The van der Waals surface area contributed by atoms with Gasteiger partial charge in [0.05, 0.1) is 12.3 Å². The monoisotopic (exact) mass is 370 g/mol. The van der Waals surface area contributed by atoms with Crippen molar-refractivity contribution in [2.24, 2.45) is 0 Å². The average Bonchev–Trinajstić information content (AvgIpc) is 2.63. The topological polar surface area (TPSA) is 33.7 Å². The summed E-state index contributed by atoms with van der Waals surface area (Å²) >= 11 is 0.